The van der Waals surface area contributed by atoms with E-state index in [2.05, 4.69) is 28.9 Å². The molecule has 0 bridgehead atoms. The lowest BCUT2D eigenvalue weighted by molar-refractivity contribution is -0.136. The zero-order valence-electron chi connectivity index (χ0n) is 11.8. The average Bonchev–Trinajstić information content (AvgIpc) is 2.59. The van der Waals surface area contributed by atoms with Gasteiger partial charge in [0.25, 0.3) is 5.91 Å². The molecule has 0 aromatic heterocycles. The maximum atomic E-state index is 12.3. The fourth-order valence-electron chi connectivity index (χ4n) is 3.19. The molecule has 108 valence electrons. The van der Waals surface area contributed by atoms with Gasteiger partial charge in [0.05, 0.1) is 0 Å². The molecule has 3 nitrogen and oxygen atoms in total. The Bertz CT molecular complexity index is 509. The molecule has 0 atom stereocenters. The second kappa shape index (κ2) is 5.76. The van der Waals surface area contributed by atoms with Gasteiger partial charge in [0, 0.05) is 22.6 Å². The van der Waals surface area contributed by atoms with Crippen LogP contribution >= 0.6 is 15.9 Å². The van der Waals surface area contributed by atoms with E-state index in [0.29, 0.717) is 12.6 Å². The highest BCUT2D eigenvalue weighted by Gasteiger charge is 2.30. The number of halogens is 1. The van der Waals surface area contributed by atoms with Crippen molar-refractivity contribution in [2.24, 2.45) is 5.92 Å². The molecule has 1 amide bonds. The molecule has 3 rings (SSSR count). The maximum Gasteiger partial charge on any atom is 0.261 e. The second-order valence-corrected chi connectivity index (χ2v) is 6.89. The van der Waals surface area contributed by atoms with Gasteiger partial charge in [0.1, 0.15) is 5.75 Å². The Hall–Kier alpha value is -1.03. The Balaban J connectivity index is 1.82. The molecule has 1 fully saturated rings. The van der Waals surface area contributed by atoms with Crippen LogP contribution < -0.4 is 4.74 Å². The van der Waals surface area contributed by atoms with E-state index >= 15 is 0 Å². The fraction of sp³-hybridized carbons (Fsp3) is 0.562. The highest BCUT2D eigenvalue weighted by Crippen LogP contribution is 2.32. The SMILES string of the molecule is CC1CCC(N2Cc3cc(Br)ccc3OCC2=O)CC1. The lowest BCUT2D eigenvalue weighted by atomic mass is 9.86. The van der Waals surface area contributed by atoms with Gasteiger partial charge in [-0.15, -0.1) is 0 Å². The number of nitrogens with zero attached hydrogens (tertiary/aromatic N) is 1. The minimum absolute atomic E-state index is 0.122. The van der Waals surface area contributed by atoms with E-state index in [1.165, 1.54) is 12.8 Å². The predicted molar refractivity (Wildman–Crippen MR) is 81.6 cm³/mol. The molecule has 1 aromatic rings. The quantitative estimate of drug-likeness (QED) is 0.781. The first kappa shape index (κ1) is 13.9. The summed E-state index contributed by atoms with van der Waals surface area (Å²) in [4.78, 5) is 14.4. The first-order chi connectivity index (χ1) is 9.63. The summed E-state index contributed by atoms with van der Waals surface area (Å²) in [6.07, 6.45) is 4.69. The van der Waals surface area contributed by atoms with Crippen LogP contribution in [0.2, 0.25) is 0 Å². The molecule has 20 heavy (non-hydrogen) atoms. The molecule has 1 aliphatic carbocycles. The van der Waals surface area contributed by atoms with Crippen LogP contribution in [0, 0.1) is 5.92 Å². The van der Waals surface area contributed by atoms with Crippen LogP contribution in [0.1, 0.15) is 38.2 Å². The number of benzene rings is 1. The monoisotopic (exact) mass is 337 g/mol. The first-order valence-electron chi connectivity index (χ1n) is 7.34. The Morgan fingerprint density at radius 1 is 1.25 bits per heavy atom. The van der Waals surface area contributed by atoms with Crippen LogP contribution in [0.5, 0.6) is 5.75 Å². The minimum atomic E-state index is 0.122. The molecule has 1 saturated carbocycles. The van der Waals surface area contributed by atoms with Crippen LogP contribution in [0.4, 0.5) is 0 Å². The molecule has 1 aromatic carbocycles. The number of fused-ring (bicyclic) bond motifs is 1. The van der Waals surface area contributed by atoms with Crippen molar-refractivity contribution in [2.45, 2.75) is 45.2 Å². The minimum Gasteiger partial charge on any atom is -0.483 e. The van der Waals surface area contributed by atoms with Crippen LogP contribution in [0.25, 0.3) is 0 Å². The third-order valence-electron chi connectivity index (χ3n) is 4.46. The van der Waals surface area contributed by atoms with E-state index in [-0.39, 0.29) is 12.5 Å². The van der Waals surface area contributed by atoms with Crippen molar-refractivity contribution < 1.29 is 9.53 Å². The van der Waals surface area contributed by atoms with Crippen molar-refractivity contribution in [1.29, 1.82) is 0 Å². The Morgan fingerprint density at radius 2 is 2.00 bits per heavy atom. The van der Waals surface area contributed by atoms with E-state index < -0.39 is 0 Å². The number of carbonyl (C=O) groups is 1. The molecule has 4 heteroatoms. The van der Waals surface area contributed by atoms with E-state index in [1.54, 1.807) is 0 Å². The molecule has 0 unspecified atom stereocenters. The zero-order chi connectivity index (χ0) is 14.1. The van der Waals surface area contributed by atoms with Gasteiger partial charge < -0.3 is 9.64 Å². The van der Waals surface area contributed by atoms with Crippen molar-refractivity contribution in [1.82, 2.24) is 4.90 Å². The maximum absolute atomic E-state index is 12.3. The number of ether oxygens (including phenoxy) is 1. The van der Waals surface area contributed by atoms with Crippen molar-refractivity contribution in [2.75, 3.05) is 6.61 Å². The summed E-state index contributed by atoms with van der Waals surface area (Å²) in [5, 5.41) is 0. The van der Waals surface area contributed by atoms with Crippen molar-refractivity contribution in [3.8, 4) is 5.75 Å². The third-order valence-corrected chi connectivity index (χ3v) is 4.95. The van der Waals surface area contributed by atoms with Gasteiger partial charge in [-0.25, -0.2) is 0 Å². The Labute approximate surface area is 128 Å². The van der Waals surface area contributed by atoms with Gasteiger partial charge in [0.2, 0.25) is 0 Å². The van der Waals surface area contributed by atoms with E-state index in [9.17, 15) is 4.79 Å². The Morgan fingerprint density at radius 3 is 2.75 bits per heavy atom. The largest absolute Gasteiger partial charge is 0.483 e. The van der Waals surface area contributed by atoms with E-state index in [0.717, 1.165) is 34.5 Å². The number of hydrogen-bond donors (Lipinski definition) is 0. The highest BCUT2D eigenvalue weighted by molar-refractivity contribution is 9.10. The molecular formula is C16H20BrNO2. The highest BCUT2D eigenvalue weighted by atomic mass is 79.9. The van der Waals surface area contributed by atoms with Crippen molar-refractivity contribution in [3.63, 3.8) is 0 Å². The van der Waals surface area contributed by atoms with Crippen LogP contribution in [0.15, 0.2) is 22.7 Å². The van der Waals surface area contributed by atoms with Gasteiger partial charge in [-0.3, -0.25) is 4.79 Å². The molecule has 0 saturated heterocycles. The molecule has 0 spiro atoms. The first-order valence-corrected chi connectivity index (χ1v) is 8.13. The predicted octanol–water partition coefficient (Wildman–Crippen LogP) is 3.75. The number of rotatable bonds is 1. The summed E-state index contributed by atoms with van der Waals surface area (Å²) in [5.74, 6) is 1.76. The molecular weight excluding hydrogens is 318 g/mol. The molecule has 0 radical (unpaired) electrons. The summed E-state index contributed by atoms with van der Waals surface area (Å²) in [5.41, 5.74) is 1.10. The topological polar surface area (TPSA) is 29.5 Å². The van der Waals surface area contributed by atoms with Crippen LogP contribution in [-0.4, -0.2) is 23.5 Å². The standard InChI is InChI=1S/C16H20BrNO2/c1-11-2-5-14(6-3-11)18-9-12-8-13(17)4-7-15(12)20-10-16(18)19/h4,7-8,11,14H,2-3,5-6,9-10H2,1H3. The molecule has 0 N–H and O–H groups in total. The number of amides is 1. The Kier molecular flexibility index (Phi) is 4.01. The fourth-order valence-corrected chi connectivity index (χ4v) is 3.60. The van der Waals surface area contributed by atoms with Gasteiger partial charge in [-0.05, 0) is 49.8 Å². The normalized spacial score (nSPS) is 26.7. The summed E-state index contributed by atoms with van der Waals surface area (Å²) < 4.78 is 6.68. The van der Waals surface area contributed by atoms with Crippen molar-refractivity contribution >= 4 is 21.8 Å². The summed E-state index contributed by atoms with van der Waals surface area (Å²) in [6, 6.07) is 6.35. The zero-order valence-corrected chi connectivity index (χ0v) is 13.4. The summed E-state index contributed by atoms with van der Waals surface area (Å²) in [6.45, 7) is 3.14. The van der Waals surface area contributed by atoms with Crippen LogP contribution in [0.3, 0.4) is 0 Å². The van der Waals surface area contributed by atoms with Gasteiger partial charge >= 0.3 is 0 Å². The van der Waals surface area contributed by atoms with Gasteiger partial charge in [-0.1, -0.05) is 22.9 Å². The smallest absolute Gasteiger partial charge is 0.261 e. The molecule has 1 aliphatic heterocycles. The lowest BCUT2D eigenvalue weighted by Crippen LogP contribution is -2.42. The molecule has 1 heterocycles. The number of hydrogen-bond acceptors (Lipinski definition) is 2. The van der Waals surface area contributed by atoms with E-state index in [1.807, 2.05) is 17.0 Å². The summed E-state index contributed by atoms with van der Waals surface area (Å²) in [7, 11) is 0. The van der Waals surface area contributed by atoms with Crippen molar-refractivity contribution in [3.05, 3.63) is 28.2 Å². The van der Waals surface area contributed by atoms with Crippen LogP contribution in [-0.2, 0) is 11.3 Å². The summed E-state index contributed by atoms with van der Waals surface area (Å²) >= 11 is 3.50. The molecule has 2 aliphatic rings. The lowest BCUT2D eigenvalue weighted by Gasteiger charge is -2.35. The van der Waals surface area contributed by atoms with Gasteiger partial charge in [-0.2, -0.15) is 0 Å². The third kappa shape index (κ3) is 2.85. The van der Waals surface area contributed by atoms with E-state index in [4.69, 9.17) is 4.74 Å². The second-order valence-electron chi connectivity index (χ2n) is 5.98. The average molecular weight is 338 g/mol. The van der Waals surface area contributed by atoms with Gasteiger partial charge in [0.15, 0.2) is 6.61 Å². The number of carbonyl (C=O) groups excluding carboxylic acids is 1.